The van der Waals surface area contributed by atoms with Gasteiger partial charge in [0.1, 0.15) is 17.2 Å². The van der Waals surface area contributed by atoms with Gasteiger partial charge in [-0.2, -0.15) is 0 Å². The number of nitrogen functional groups attached to an aromatic ring is 1. The summed E-state index contributed by atoms with van der Waals surface area (Å²) in [5.41, 5.74) is 6.33. The highest BCUT2D eigenvalue weighted by Gasteiger charge is 2.16. The van der Waals surface area contributed by atoms with Gasteiger partial charge in [-0.15, -0.1) is 11.3 Å². The van der Waals surface area contributed by atoms with Crippen molar-refractivity contribution in [1.29, 1.82) is 0 Å². The standard InChI is InChI=1S/C16H16FN5O2S/c1-2-22-13(18)12(14(23)21-16(22)24)11-8-25-15(20-11)19-7-9-3-5-10(17)6-4-9/h3-6,8H,2,7,18H2,1H3,(H,19,20)(H,21,23,24). The summed E-state index contributed by atoms with van der Waals surface area (Å²) < 4.78 is 14.2. The fourth-order valence-electron chi connectivity index (χ4n) is 2.40. The number of nitrogens with two attached hydrogens (primary N) is 1. The van der Waals surface area contributed by atoms with Crippen LogP contribution < -0.4 is 22.3 Å². The van der Waals surface area contributed by atoms with Crippen LogP contribution in [-0.4, -0.2) is 14.5 Å². The van der Waals surface area contributed by atoms with Crippen LogP contribution >= 0.6 is 11.3 Å². The molecule has 1 aromatic carbocycles. The molecule has 0 spiro atoms. The molecule has 7 nitrogen and oxygen atoms in total. The van der Waals surface area contributed by atoms with Crippen LogP contribution in [0.15, 0.2) is 39.2 Å². The van der Waals surface area contributed by atoms with Crippen molar-refractivity contribution in [3.05, 3.63) is 61.9 Å². The maximum absolute atomic E-state index is 12.9. The number of anilines is 2. The number of thiazole rings is 1. The number of hydrogen-bond donors (Lipinski definition) is 3. The molecule has 4 N–H and O–H groups in total. The highest BCUT2D eigenvalue weighted by molar-refractivity contribution is 7.14. The molecule has 130 valence electrons. The summed E-state index contributed by atoms with van der Waals surface area (Å²) in [4.78, 5) is 30.5. The average molecular weight is 361 g/mol. The first-order valence-electron chi connectivity index (χ1n) is 7.56. The summed E-state index contributed by atoms with van der Waals surface area (Å²) in [5, 5.41) is 5.40. The second-order valence-electron chi connectivity index (χ2n) is 5.28. The molecule has 0 radical (unpaired) electrons. The number of nitrogens with one attached hydrogen (secondary N) is 2. The molecule has 0 aliphatic carbocycles. The number of aromatic amines is 1. The molecule has 0 unspecified atom stereocenters. The van der Waals surface area contributed by atoms with E-state index in [1.807, 2.05) is 0 Å². The van der Waals surface area contributed by atoms with Gasteiger partial charge in [0.25, 0.3) is 5.56 Å². The lowest BCUT2D eigenvalue weighted by Crippen LogP contribution is -2.32. The van der Waals surface area contributed by atoms with E-state index >= 15 is 0 Å². The van der Waals surface area contributed by atoms with Crippen molar-refractivity contribution in [3.63, 3.8) is 0 Å². The number of hydrogen-bond acceptors (Lipinski definition) is 6. The number of nitrogens with zero attached hydrogens (tertiary/aromatic N) is 2. The van der Waals surface area contributed by atoms with E-state index in [-0.39, 0.29) is 17.2 Å². The Morgan fingerprint density at radius 3 is 2.72 bits per heavy atom. The van der Waals surface area contributed by atoms with Crippen LogP contribution in [0.25, 0.3) is 11.3 Å². The second-order valence-corrected chi connectivity index (χ2v) is 6.14. The molecule has 9 heteroatoms. The molecule has 0 amide bonds. The van der Waals surface area contributed by atoms with Gasteiger partial charge in [0.15, 0.2) is 5.13 Å². The summed E-state index contributed by atoms with van der Waals surface area (Å²) in [6.45, 7) is 2.57. The number of rotatable bonds is 5. The van der Waals surface area contributed by atoms with Gasteiger partial charge in [0.05, 0.1) is 5.69 Å². The Labute approximate surface area is 146 Å². The third-order valence-electron chi connectivity index (χ3n) is 3.67. The Balaban J connectivity index is 1.85. The van der Waals surface area contributed by atoms with Crippen molar-refractivity contribution in [2.45, 2.75) is 20.0 Å². The largest absolute Gasteiger partial charge is 0.384 e. The maximum atomic E-state index is 12.9. The summed E-state index contributed by atoms with van der Waals surface area (Å²) in [5.74, 6) is -0.201. The first-order chi connectivity index (χ1) is 12.0. The smallest absolute Gasteiger partial charge is 0.329 e. The van der Waals surface area contributed by atoms with Crippen LogP contribution in [0.5, 0.6) is 0 Å². The molecule has 0 saturated heterocycles. The molecular weight excluding hydrogens is 345 g/mol. The SMILES string of the molecule is CCn1c(N)c(-c2csc(NCc3ccc(F)cc3)n2)c(=O)[nH]c1=O. The van der Waals surface area contributed by atoms with Gasteiger partial charge in [-0.1, -0.05) is 12.1 Å². The van der Waals surface area contributed by atoms with Gasteiger partial charge in [0, 0.05) is 18.5 Å². The third-order valence-corrected chi connectivity index (χ3v) is 4.47. The van der Waals surface area contributed by atoms with Gasteiger partial charge in [-0.05, 0) is 24.6 Å². The van der Waals surface area contributed by atoms with E-state index in [2.05, 4.69) is 15.3 Å². The van der Waals surface area contributed by atoms with Gasteiger partial charge in [-0.25, -0.2) is 14.2 Å². The van der Waals surface area contributed by atoms with Crippen molar-refractivity contribution < 1.29 is 4.39 Å². The Hall–Kier alpha value is -2.94. The summed E-state index contributed by atoms with van der Waals surface area (Å²) in [6, 6.07) is 6.13. The van der Waals surface area contributed by atoms with Gasteiger partial charge >= 0.3 is 5.69 Å². The maximum Gasteiger partial charge on any atom is 0.329 e. The minimum atomic E-state index is -0.567. The predicted molar refractivity (Wildman–Crippen MR) is 96.2 cm³/mol. The summed E-state index contributed by atoms with van der Waals surface area (Å²) in [6.07, 6.45) is 0. The molecule has 25 heavy (non-hydrogen) atoms. The van der Waals surface area contributed by atoms with Gasteiger partial charge in [0.2, 0.25) is 0 Å². The fraction of sp³-hybridized carbons (Fsp3) is 0.188. The lowest BCUT2D eigenvalue weighted by molar-refractivity contribution is 0.627. The monoisotopic (exact) mass is 361 g/mol. The molecule has 0 atom stereocenters. The first kappa shape index (κ1) is 16.9. The molecule has 0 aliphatic heterocycles. The summed E-state index contributed by atoms with van der Waals surface area (Å²) >= 11 is 1.31. The minimum Gasteiger partial charge on any atom is -0.384 e. The van der Waals surface area contributed by atoms with Crippen molar-refractivity contribution in [2.75, 3.05) is 11.1 Å². The van der Waals surface area contributed by atoms with E-state index < -0.39 is 11.2 Å². The van der Waals surface area contributed by atoms with Crippen LogP contribution in [-0.2, 0) is 13.1 Å². The zero-order valence-corrected chi connectivity index (χ0v) is 14.2. The lowest BCUT2D eigenvalue weighted by atomic mass is 10.2. The van der Waals surface area contributed by atoms with E-state index in [1.165, 1.54) is 28.0 Å². The predicted octanol–water partition coefficient (Wildman–Crippen LogP) is 2.01. The molecule has 2 heterocycles. The Bertz CT molecular complexity index is 1010. The number of benzene rings is 1. The highest BCUT2D eigenvalue weighted by atomic mass is 32.1. The molecule has 0 fully saturated rings. The zero-order chi connectivity index (χ0) is 18.0. The highest BCUT2D eigenvalue weighted by Crippen LogP contribution is 2.26. The van der Waals surface area contributed by atoms with Crippen LogP contribution in [0.3, 0.4) is 0 Å². The summed E-state index contributed by atoms with van der Waals surface area (Å²) in [7, 11) is 0. The van der Waals surface area contributed by atoms with Crippen LogP contribution in [0.2, 0.25) is 0 Å². The topological polar surface area (TPSA) is 106 Å². The van der Waals surface area contributed by atoms with Crippen molar-refractivity contribution in [1.82, 2.24) is 14.5 Å². The minimum absolute atomic E-state index is 0.0895. The molecule has 0 bridgehead atoms. The second kappa shape index (κ2) is 6.89. The molecular formula is C16H16FN5O2S. The van der Waals surface area contributed by atoms with Gasteiger partial charge in [-0.3, -0.25) is 14.3 Å². The fourth-order valence-corrected chi connectivity index (χ4v) is 3.10. The molecule has 0 aliphatic rings. The third kappa shape index (κ3) is 3.45. The molecule has 0 saturated carbocycles. The van der Waals surface area contributed by atoms with Crippen molar-refractivity contribution in [3.8, 4) is 11.3 Å². The van der Waals surface area contributed by atoms with E-state index in [4.69, 9.17) is 5.73 Å². The normalized spacial score (nSPS) is 10.8. The van der Waals surface area contributed by atoms with Crippen LogP contribution in [0.1, 0.15) is 12.5 Å². The van der Waals surface area contributed by atoms with Crippen LogP contribution in [0, 0.1) is 5.82 Å². The molecule has 2 aromatic heterocycles. The van der Waals surface area contributed by atoms with Crippen molar-refractivity contribution in [2.24, 2.45) is 0 Å². The zero-order valence-electron chi connectivity index (χ0n) is 13.4. The van der Waals surface area contributed by atoms with E-state index in [1.54, 1.807) is 24.4 Å². The number of halogens is 1. The quantitative estimate of drug-likeness (QED) is 0.645. The van der Waals surface area contributed by atoms with E-state index in [0.717, 1.165) is 5.56 Å². The first-order valence-corrected chi connectivity index (χ1v) is 8.44. The average Bonchev–Trinajstić information content (AvgIpc) is 3.03. The van der Waals surface area contributed by atoms with E-state index in [9.17, 15) is 14.0 Å². The Morgan fingerprint density at radius 2 is 2.04 bits per heavy atom. The van der Waals surface area contributed by atoms with Crippen molar-refractivity contribution >= 4 is 22.3 Å². The van der Waals surface area contributed by atoms with Gasteiger partial charge < -0.3 is 11.1 Å². The Kier molecular flexibility index (Phi) is 4.66. The van der Waals surface area contributed by atoms with Crippen LogP contribution in [0.4, 0.5) is 15.3 Å². The number of aromatic nitrogens is 3. The van der Waals surface area contributed by atoms with E-state index in [0.29, 0.717) is 23.9 Å². The lowest BCUT2D eigenvalue weighted by Gasteiger charge is -2.09. The molecule has 3 rings (SSSR count). The Morgan fingerprint density at radius 1 is 1.32 bits per heavy atom. The molecule has 3 aromatic rings. The number of H-pyrrole nitrogens is 1.